The van der Waals surface area contributed by atoms with Crippen molar-refractivity contribution in [2.75, 3.05) is 37.7 Å². The highest BCUT2D eigenvalue weighted by Gasteiger charge is 2.31. The lowest BCUT2D eigenvalue weighted by molar-refractivity contribution is -0.128. The first-order chi connectivity index (χ1) is 11.2. The fraction of sp³-hybridized carbons (Fsp3) is 0.556. The van der Waals surface area contributed by atoms with Gasteiger partial charge in [0.25, 0.3) is 0 Å². The Morgan fingerprint density at radius 1 is 1.04 bits per heavy atom. The van der Waals surface area contributed by atoms with Gasteiger partial charge in [0.15, 0.2) is 5.78 Å². The van der Waals surface area contributed by atoms with Crippen LogP contribution in [0.1, 0.15) is 23.2 Å². The topological polar surface area (TPSA) is 49.4 Å². The molecule has 0 aromatic heterocycles. The molecule has 0 aliphatic carbocycles. The Kier molecular flexibility index (Phi) is 5.73. The SMILES string of the molecule is O=C(CSCC(=O)N1CC[C@@H]2CNC[C@@H]2CC1)c1ccccc1. The zero-order chi connectivity index (χ0) is 16.1. The normalized spacial score (nSPS) is 24.1. The predicted molar refractivity (Wildman–Crippen MR) is 93.8 cm³/mol. The van der Waals surface area contributed by atoms with Gasteiger partial charge in [-0.05, 0) is 37.8 Å². The predicted octanol–water partition coefficient (Wildman–Crippen LogP) is 2.06. The first-order valence-electron chi connectivity index (χ1n) is 8.38. The summed E-state index contributed by atoms with van der Waals surface area (Å²) in [6.45, 7) is 3.95. The fourth-order valence-electron chi connectivity index (χ4n) is 3.50. The second-order valence-electron chi connectivity index (χ2n) is 6.42. The summed E-state index contributed by atoms with van der Waals surface area (Å²) >= 11 is 1.43. The zero-order valence-corrected chi connectivity index (χ0v) is 14.2. The summed E-state index contributed by atoms with van der Waals surface area (Å²) in [5.41, 5.74) is 0.725. The van der Waals surface area contributed by atoms with Crippen molar-refractivity contribution in [3.05, 3.63) is 35.9 Å². The maximum atomic E-state index is 12.4. The van der Waals surface area contributed by atoms with Gasteiger partial charge in [0, 0.05) is 18.7 Å². The molecule has 0 spiro atoms. The molecule has 2 atom stereocenters. The number of fused-ring (bicyclic) bond motifs is 1. The van der Waals surface area contributed by atoms with E-state index in [1.807, 2.05) is 35.2 Å². The van der Waals surface area contributed by atoms with Crippen LogP contribution in [0.5, 0.6) is 0 Å². The van der Waals surface area contributed by atoms with E-state index in [1.165, 1.54) is 11.8 Å². The van der Waals surface area contributed by atoms with Gasteiger partial charge in [-0.15, -0.1) is 11.8 Å². The molecule has 1 amide bonds. The minimum Gasteiger partial charge on any atom is -0.342 e. The van der Waals surface area contributed by atoms with Crippen LogP contribution >= 0.6 is 11.8 Å². The minimum absolute atomic E-state index is 0.0971. The third-order valence-corrected chi connectivity index (χ3v) is 5.84. The summed E-state index contributed by atoms with van der Waals surface area (Å²) in [5, 5.41) is 3.45. The maximum Gasteiger partial charge on any atom is 0.232 e. The Bertz CT molecular complexity index is 535. The van der Waals surface area contributed by atoms with E-state index in [1.54, 1.807) is 0 Å². The number of likely N-dealkylation sites (tertiary alicyclic amines) is 1. The van der Waals surface area contributed by atoms with E-state index >= 15 is 0 Å². The van der Waals surface area contributed by atoms with E-state index in [0.717, 1.165) is 56.4 Å². The molecule has 0 radical (unpaired) electrons. The summed E-state index contributed by atoms with van der Waals surface area (Å²) < 4.78 is 0. The molecule has 0 bridgehead atoms. The molecule has 0 saturated carbocycles. The van der Waals surface area contributed by atoms with Crippen LogP contribution in [0.25, 0.3) is 0 Å². The molecule has 2 heterocycles. The first-order valence-corrected chi connectivity index (χ1v) is 9.54. The summed E-state index contributed by atoms with van der Waals surface area (Å²) in [7, 11) is 0. The van der Waals surface area contributed by atoms with Crippen LogP contribution in [0.3, 0.4) is 0 Å². The number of nitrogens with one attached hydrogen (secondary N) is 1. The highest BCUT2D eigenvalue weighted by molar-refractivity contribution is 8.00. The minimum atomic E-state index is 0.0971. The average Bonchev–Trinajstić information content (AvgIpc) is 2.93. The van der Waals surface area contributed by atoms with Crippen molar-refractivity contribution in [1.82, 2.24) is 10.2 Å². The first kappa shape index (κ1) is 16.5. The number of benzene rings is 1. The number of hydrogen-bond acceptors (Lipinski definition) is 4. The summed E-state index contributed by atoms with van der Waals surface area (Å²) in [5.74, 6) is 2.54. The highest BCUT2D eigenvalue weighted by atomic mass is 32.2. The lowest BCUT2D eigenvalue weighted by Gasteiger charge is -2.20. The Labute approximate surface area is 142 Å². The number of amides is 1. The highest BCUT2D eigenvalue weighted by Crippen LogP contribution is 2.27. The van der Waals surface area contributed by atoms with E-state index in [9.17, 15) is 9.59 Å². The van der Waals surface area contributed by atoms with Gasteiger partial charge in [0.2, 0.25) is 5.91 Å². The van der Waals surface area contributed by atoms with Gasteiger partial charge in [-0.2, -0.15) is 0 Å². The van der Waals surface area contributed by atoms with E-state index in [-0.39, 0.29) is 11.7 Å². The molecule has 2 saturated heterocycles. The van der Waals surface area contributed by atoms with Crippen molar-refractivity contribution in [3.63, 3.8) is 0 Å². The number of carbonyl (C=O) groups excluding carboxylic acids is 2. The third kappa shape index (κ3) is 4.36. The molecule has 5 heteroatoms. The van der Waals surface area contributed by atoms with E-state index < -0.39 is 0 Å². The number of carbonyl (C=O) groups is 2. The van der Waals surface area contributed by atoms with Crippen LogP contribution in [0.15, 0.2) is 30.3 Å². The quantitative estimate of drug-likeness (QED) is 0.839. The summed E-state index contributed by atoms with van der Waals surface area (Å²) in [4.78, 5) is 26.4. The summed E-state index contributed by atoms with van der Waals surface area (Å²) in [6, 6.07) is 9.29. The Morgan fingerprint density at radius 2 is 1.70 bits per heavy atom. The Morgan fingerprint density at radius 3 is 2.35 bits per heavy atom. The molecule has 2 aliphatic heterocycles. The molecule has 4 nitrogen and oxygen atoms in total. The maximum absolute atomic E-state index is 12.4. The number of nitrogens with zero attached hydrogens (tertiary/aromatic N) is 1. The number of hydrogen-bond donors (Lipinski definition) is 1. The van der Waals surface area contributed by atoms with Crippen molar-refractivity contribution in [1.29, 1.82) is 0 Å². The molecular formula is C18H24N2O2S. The molecular weight excluding hydrogens is 308 g/mol. The van der Waals surface area contributed by atoms with Crippen LogP contribution < -0.4 is 5.32 Å². The van der Waals surface area contributed by atoms with E-state index in [4.69, 9.17) is 0 Å². The molecule has 1 aromatic rings. The largest absolute Gasteiger partial charge is 0.342 e. The fourth-order valence-corrected chi connectivity index (χ4v) is 4.31. The van der Waals surface area contributed by atoms with Crippen LogP contribution in [0.4, 0.5) is 0 Å². The number of Topliss-reactive ketones (excluding diaryl/α,β-unsaturated/α-hetero) is 1. The summed E-state index contributed by atoms with van der Waals surface area (Å²) in [6.07, 6.45) is 2.22. The molecule has 2 aliphatic rings. The van der Waals surface area contributed by atoms with Gasteiger partial charge in [0.05, 0.1) is 11.5 Å². The van der Waals surface area contributed by atoms with Gasteiger partial charge in [-0.3, -0.25) is 9.59 Å². The molecule has 0 unspecified atom stereocenters. The lowest BCUT2D eigenvalue weighted by Crippen LogP contribution is -2.34. The number of rotatable bonds is 5. The van der Waals surface area contributed by atoms with E-state index in [2.05, 4.69) is 5.32 Å². The van der Waals surface area contributed by atoms with Gasteiger partial charge >= 0.3 is 0 Å². The third-order valence-electron chi connectivity index (χ3n) is 4.93. The smallest absolute Gasteiger partial charge is 0.232 e. The standard InChI is InChI=1S/C18H24N2O2S/c21-17(14-4-2-1-3-5-14)12-23-13-18(22)20-8-6-15-10-19-11-16(15)7-9-20/h1-5,15-16,19H,6-13H2/t15-,16+. The molecule has 1 aromatic carbocycles. The van der Waals surface area contributed by atoms with Crippen molar-refractivity contribution >= 4 is 23.5 Å². The van der Waals surface area contributed by atoms with Crippen LogP contribution in [0.2, 0.25) is 0 Å². The van der Waals surface area contributed by atoms with Gasteiger partial charge in [-0.25, -0.2) is 0 Å². The molecule has 1 N–H and O–H groups in total. The number of ketones is 1. The lowest BCUT2D eigenvalue weighted by atomic mass is 9.92. The average molecular weight is 332 g/mol. The molecule has 2 fully saturated rings. The van der Waals surface area contributed by atoms with Gasteiger partial charge in [0.1, 0.15) is 0 Å². The van der Waals surface area contributed by atoms with E-state index in [0.29, 0.717) is 11.5 Å². The van der Waals surface area contributed by atoms with Crippen molar-refractivity contribution in [2.24, 2.45) is 11.8 Å². The Balaban J connectivity index is 1.42. The van der Waals surface area contributed by atoms with Gasteiger partial charge < -0.3 is 10.2 Å². The second kappa shape index (κ2) is 7.97. The second-order valence-corrected chi connectivity index (χ2v) is 7.40. The van der Waals surface area contributed by atoms with Crippen LogP contribution in [-0.2, 0) is 4.79 Å². The number of thioether (sulfide) groups is 1. The Hall–Kier alpha value is -1.33. The molecule has 124 valence electrons. The molecule has 3 rings (SSSR count). The van der Waals surface area contributed by atoms with Gasteiger partial charge in [-0.1, -0.05) is 30.3 Å². The zero-order valence-electron chi connectivity index (χ0n) is 13.4. The van der Waals surface area contributed by atoms with Crippen molar-refractivity contribution < 1.29 is 9.59 Å². The monoisotopic (exact) mass is 332 g/mol. The van der Waals surface area contributed by atoms with Crippen LogP contribution in [0, 0.1) is 11.8 Å². The van der Waals surface area contributed by atoms with Crippen molar-refractivity contribution in [3.8, 4) is 0 Å². The van der Waals surface area contributed by atoms with Crippen LogP contribution in [-0.4, -0.2) is 54.3 Å². The molecule has 23 heavy (non-hydrogen) atoms. The van der Waals surface area contributed by atoms with Crippen molar-refractivity contribution in [2.45, 2.75) is 12.8 Å².